The monoisotopic (exact) mass is 394 g/mol. The van der Waals surface area contributed by atoms with Gasteiger partial charge in [0.15, 0.2) is 0 Å². The minimum absolute atomic E-state index is 0.840. The van der Waals surface area contributed by atoms with Crippen molar-refractivity contribution in [3.8, 4) is 0 Å². The zero-order valence-corrected chi connectivity index (χ0v) is 15.7. The summed E-state index contributed by atoms with van der Waals surface area (Å²) < 4.78 is 1.02. The van der Waals surface area contributed by atoms with Gasteiger partial charge in [0.25, 0.3) is 0 Å². The third-order valence-electron chi connectivity index (χ3n) is 4.25. The second-order valence-corrected chi connectivity index (χ2v) is 7.75. The Hall–Kier alpha value is -1.10. The van der Waals surface area contributed by atoms with E-state index in [1.54, 1.807) is 11.8 Å². The Kier molecular flexibility index (Phi) is 3.87. The maximum absolute atomic E-state index is 6.13. The van der Waals surface area contributed by atoms with E-state index in [1.165, 1.54) is 32.3 Å². The molecule has 0 unspecified atom stereocenters. The van der Waals surface area contributed by atoms with Gasteiger partial charge in [0.05, 0.1) is 0 Å². The van der Waals surface area contributed by atoms with Crippen LogP contribution in [0.2, 0.25) is 0 Å². The van der Waals surface area contributed by atoms with Crippen LogP contribution in [0.15, 0.2) is 62.8 Å². The van der Waals surface area contributed by atoms with Crippen LogP contribution in [-0.4, -0.2) is 14.1 Å². The molecule has 23 heavy (non-hydrogen) atoms. The van der Waals surface area contributed by atoms with Crippen LogP contribution in [0.25, 0.3) is 32.3 Å². The van der Waals surface area contributed by atoms with E-state index in [0.29, 0.717) is 0 Å². The Morgan fingerprint density at radius 2 is 1.48 bits per heavy atom. The van der Waals surface area contributed by atoms with Crippen molar-refractivity contribution in [3.05, 3.63) is 53.0 Å². The zero-order valence-electron chi connectivity index (χ0n) is 12.4. The van der Waals surface area contributed by atoms with E-state index >= 15 is 0 Å². The number of fused-ring (bicyclic) bond motifs is 5. The molecule has 0 amide bonds. The summed E-state index contributed by atoms with van der Waals surface area (Å²) in [6.07, 6.45) is 2.06. The first-order chi connectivity index (χ1) is 11.1. The Morgan fingerprint density at radius 1 is 0.870 bits per heavy atom. The standard InChI is InChI=1S/C19H12BBrS2/c1-23-19-9-15-10(6-16(19)20)2-4-12-13(15)5-3-11-7-17(21)18(22)8-14(11)12/h2-9,22H,1H3. The second kappa shape index (κ2) is 5.76. The Labute approximate surface area is 154 Å². The number of halogens is 1. The van der Waals surface area contributed by atoms with E-state index in [4.69, 9.17) is 7.85 Å². The molecule has 4 aromatic rings. The van der Waals surface area contributed by atoms with Gasteiger partial charge in [0.2, 0.25) is 0 Å². The van der Waals surface area contributed by atoms with Gasteiger partial charge in [0.1, 0.15) is 7.85 Å². The molecule has 0 aromatic heterocycles. The molecule has 0 bridgehead atoms. The topological polar surface area (TPSA) is 0 Å². The lowest BCUT2D eigenvalue weighted by molar-refractivity contribution is 1.47. The van der Waals surface area contributed by atoms with Gasteiger partial charge in [0, 0.05) is 14.3 Å². The van der Waals surface area contributed by atoms with Crippen molar-refractivity contribution in [3.63, 3.8) is 0 Å². The third-order valence-corrected chi connectivity index (χ3v) is 6.38. The van der Waals surface area contributed by atoms with Gasteiger partial charge in [-0.1, -0.05) is 35.8 Å². The lowest BCUT2D eigenvalue weighted by Crippen LogP contribution is -2.05. The van der Waals surface area contributed by atoms with Crippen molar-refractivity contribution in [1.29, 1.82) is 0 Å². The van der Waals surface area contributed by atoms with E-state index in [-0.39, 0.29) is 0 Å². The fourth-order valence-electron chi connectivity index (χ4n) is 3.11. The molecule has 0 saturated heterocycles. The highest BCUT2D eigenvalue weighted by atomic mass is 79.9. The molecule has 2 radical (unpaired) electrons. The highest BCUT2D eigenvalue weighted by Crippen LogP contribution is 2.35. The molecular weight excluding hydrogens is 383 g/mol. The van der Waals surface area contributed by atoms with Crippen LogP contribution in [0.1, 0.15) is 0 Å². The number of hydrogen-bond acceptors (Lipinski definition) is 2. The van der Waals surface area contributed by atoms with Crippen LogP contribution in [-0.2, 0) is 0 Å². The Bertz CT molecular complexity index is 1090. The highest BCUT2D eigenvalue weighted by molar-refractivity contribution is 9.10. The smallest absolute Gasteiger partial charge is 0.115 e. The van der Waals surface area contributed by atoms with Gasteiger partial charge >= 0.3 is 0 Å². The van der Waals surface area contributed by atoms with Crippen LogP contribution in [0, 0.1) is 0 Å². The quantitative estimate of drug-likeness (QED) is 0.186. The predicted molar refractivity (Wildman–Crippen MR) is 111 cm³/mol. The maximum Gasteiger partial charge on any atom is 0.115 e. The van der Waals surface area contributed by atoms with Crippen LogP contribution < -0.4 is 5.46 Å². The summed E-state index contributed by atoms with van der Waals surface area (Å²) in [7, 11) is 6.13. The van der Waals surface area contributed by atoms with E-state index in [2.05, 4.69) is 83.3 Å². The number of rotatable bonds is 1. The van der Waals surface area contributed by atoms with Crippen molar-refractivity contribution in [2.24, 2.45) is 0 Å². The lowest BCUT2D eigenvalue weighted by atomic mass is 9.90. The predicted octanol–water partition coefficient (Wildman–Crippen LogP) is 5.71. The molecule has 0 fully saturated rings. The molecular formula is C19H12BBrS2. The highest BCUT2D eigenvalue weighted by Gasteiger charge is 2.08. The molecule has 4 rings (SSSR count). The summed E-state index contributed by atoms with van der Waals surface area (Å²) in [6.45, 7) is 0. The van der Waals surface area contributed by atoms with Gasteiger partial charge in [-0.3, -0.25) is 0 Å². The van der Waals surface area contributed by atoms with E-state index < -0.39 is 0 Å². The minimum Gasteiger partial charge on any atom is -0.142 e. The van der Waals surface area contributed by atoms with Crippen molar-refractivity contribution in [2.75, 3.05) is 6.26 Å². The third kappa shape index (κ3) is 2.48. The molecule has 110 valence electrons. The number of thiol groups is 1. The molecule has 0 atom stereocenters. The molecule has 0 spiro atoms. The zero-order chi connectivity index (χ0) is 16.1. The van der Waals surface area contributed by atoms with Gasteiger partial charge < -0.3 is 0 Å². The van der Waals surface area contributed by atoms with Crippen molar-refractivity contribution in [1.82, 2.24) is 0 Å². The van der Waals surface area contributed by atoms with Crippen molar-refractivity contribution in [2.45, 2.75) is 9.79 Å². The van der Waals surface area contributed by atoms with E-state index in [0.717, 1.165) is 19.7 Å². The summed E-state index contributed by atoms with van der Waals surface area (Å²) in [6, 6.07) is 17.2. The SMILES string of the molecule is [B]c1cc2ccc3c4cc(S)c(Br)cc4ccc3c2cc1SC. The number of hydrogen-bond donors (Lipinski definition) is 1. The van der Waals surface area contributed by atoms with Crippen molar-refractivity contribution < 1.29 is 0 Å². The summed E-state index contributed by atoms with van der Waals surface area (Å²) in [5, 5.41) is 7.35. The maximum atomic E-state index is 6.13. The molecule has 0 aliphatic carbocycles. The Morgan fingerprint density at radius 3 is 2.13 bits per heavy atom. The van der Waals surface area contributed by atoms with E-state index in [1.807, 2.05) is 0 Å². The minimum atomic E-state index is 0.840. The molecule has 0 heterocycles. The number of thioether (sulfide) groups is 1. The fourth-order valence-corrected chi connectivity index (χ4v) is 4.19. The van der Waals surface area contributed by atoms with Crippen LogP contribution in [0.4, 0.5) is 0 Å². The fraction of sp³-hybridized carbons (Fsp3) is 0.0526. The molecule has 4 aromatic carbocycles. The van der Waals surface area contributed by atoms with Gasteiger partial charge in [-0.15, -0.1) is 24.4 Å². The second-order valence-electron chi connectivity index (χ2n) is 5.57. The first-order valence-corrected chi connectivity index (χ1v) is 9.66. The summed E-state index contributed by atoms with van der Waals surface area (Å²) in [5.74, 6) is 0. The summed E-state index contributed by atoms with van der Waals surface area (Å²) in [5.41, 5.74) is 0.840. The molecule has 0 aliphatic rings. The van der Waals surface area contributed by atoms with E-state index in [9.17, 15) is 0 Å². The molecule has 4 heteroatoms. The average Bonchev–Trinajstić information content (AvgIpc) is 2.54. The van der Waals surface area contributed by atoms with Crippen LogP contribution in [0.5, 0.6) is 0 Å². The summed E-state index contributed by atoms with van der Waals surface area (Å²) in [4.78, 5) is 2.07. The first kappa shape index (κ1) is 15.4. The normalized spacial score (nSPS) is 11.6. The summed E-state index contributed by atoms with van der Waals surface area (Å²) >= 11 is 9.79. The van der Waals surface area contributed by atoms with Crippen molar-refractivity contribution >= 4 is 85.9 Å². The average molecular weight is 395 g/mol. The number of benzene rings is 4. The van der Waals surface area contributed by atoms with Gasteiger partial charge in [-0.05, 0) is 72.7 Å². The largest absolute Gasteiger partial charge is 0.142 e. The molecule has 0 saturated carbocycles. The molecule has 0 N–H and O–H groups in total. The van der Waals surface area contributed by atoms with Gasteiger partial charge in [-0.2, -0.15) is 0 Å². The van der Waals surface area contributed by atoms with Gasteiger partial charge in [-0.25, -0.2) is 0 Å². The molecule has 0 aliphatic heterocycles. The van der Waals surface area contributed by atoms with Crippen LogP contribution >= 0.6 is 40.3 Å². The molecule has 0 nitrogen and oxygen atoms in total. The first-order valence-electron chi connectivity index (χ1n) is 7.19. The lowest BCUT2D eigenvalue weighted by Gasteiger charge is -2.11. The van der Waals surface area contributed by atoms with Crippen LogP contribution in [0.3, 0.4) is 0 Å². The Balaban J connectivity index is 2.18.